The van der Waals surface area contributed by atoms with Gasteiger partial charge >= 0.3 is 0 Å². The fourth-order valence-corrected chi connectivity index (χ4v) is 2.44. The molecule has 0 saturated carbocycles. The van der Waals surface area contributed by atoms with E-state index in [9.17, 15) is 9.59 Å². The molecule has 114 valence electrons. The van der Waals surface area contributed by atoms with E-state index in [2.05, 4.69) is 16.0 Å². The van der Waals surface area contributed by atoms with Crippen molar-refractivity contribution in [2.45, 2.75) is 45.2 Å². The summed E-state index contributed by atoms with van der Waals surface area (Å²) >= 11 is 0. The predicted molar refractivity (Wildman–Crippen MR) is 83.3 cm³/mol. The summed E-state index contributed by atoms with van der Waals surface area (Å²) in [5.74, 6) is -0.187. The van der Waals surface area contributed by atoms with Crippen LogP contribution in [0.1, 0.15) is 44.0 Å². The summed E-state index contributed by atoms with van der Waals surface area (Å²) in [6.45, 7) is 6.59. The second-order valence-corrected chi connectivity index (χ2v) is 6.03. The van der Waals surface area contributed by atoms with Crippen LogP contribution in [0.2, 0.25) is 0 Å². The number of anilines is 1. The minimum absolute atomic E-state index is 0.0542. The van der Waals surface area contributed by atoms with Crippen LogP contribution in [-0.4, -0.2) is 29.9 Å². The van der Waals surface area contributed by atoms with Crippen molar-refractivity contribution in [2.75, 3.05) is 11.9 Å². The van der Waals surface area contributed by atoms with Gasteiger partial charge in [0.25, 0.3) is 5.91 Å². The standard InChI is InChI=1S/C16H23N3O2/c1-11(2)18-14(20)12-6-4-7-13(10-12)19-15(21)16(3)8-5-9-17-16/h4,6-7,10-11,17H,5,8-9H2,1-3H3,(H,18,20)(H,19,21). The van der Waals surface area contributed by atoms with Gasteiger partial charge in [-0.1, -0.05) is 6.07 Å². The maximum Gasteiger partial charge on any atom is 0.251 e. The highest BCUT2D eigenvalue weighted by atomic mass is 16.2. The smallest absolute Gasteiger partial charge is 0.251 e. The van der Waals surface area contributed by atoms with Gasteiger partial charge in [-0.15, -0.1) is 0 Å². The van der Waals surface area contributed by atoms with E-state index in [1.54, 1.807) is 24.3 Å². The highest BCUT2D eigenvalue weighted by Crippen LogP contribution is 2.21. The molecule has 0 spiro atoms. The molecule has 2 rings (SSSR count). The molecule has 1 unspecified atom stereocenters. The Bertz CT molecular complexity index is 534. The largest absolute Gasteiger partial charge is 0.350 e. The highest BCUT2D eigenvalue weighted by molar-refractivity contribution is 6.00. The average Bonchev–Trinajstić information content (AvgIpc) is 2.86. The summed E-state index contributed by atoms with van der Waals surface area (Å²) in [4.78, 5) is 24.3. The van der Waals surface area contributed by atoms with Crippen LogP contribution in [0.3, 0.4) is 0 Å². The average molecular weight is 289 g/mol. The van der Waals surface area contributed by atoms with Gasteiger partial charge in [0.2, 0.25) is 5.91 Å². The van der Waals surface area contributed by atoms with Crippen LogP contribution in [0, 0.1) is 0 Å². The van der Waals surface area contributed by atoms with Crippen molar-refractivity contribution in [2.24, 2.45) is 0 Å². The molecule has 21 heavy (non-hydrogen) atoms. The maximum atomic E-state index is 12.3. The van der Waals surface area contributed by atoms with Crippen molar-refractivity contribution in [3.8, 4) is 0 Å². The van der Waals surface area contributed by atoms with Crippen LogP contribution in [-0.2, 0) is 4.79 Å². The Morgan fingerprint density at radius 2 is 2.10 bits per heavy atom. The number of amides is 2. The third-order valence-electron chi connectivity index (χ3n) is 3.67. The first-order valence-electron chi connectivity index (χ1n) is 7.38. The van der Waals surface area contributed by atoms with E-state index in [-0.39, 0.29) is 17.9 Å². The Kier molecular flexibility index (Phi) is 4.63. The molecule has 5 nitrogen and oxygen atoms in total. The molecule has 1 aliphatic heterocycles. The molecule has 0 aliphatic carbocycles. The van der Waals surface area contributed by atoms with Crippen LogP contribution in [0.5, 0.6) is 0 Å². The van der Waals surface area contributed by atoms with Gasteiger partial charge in [-0.2, -0.15) is 0 Å². The summed E-state index contributed by atoms with van der Waals surface area (Å²) in [6, 6.07) is 7.09. The van der Waals surface area contributed by atoms with E-state index in [1.807, 2.05) is 20.8 Å². The van der Waals surface area contributed by atoms with E-state index in [1.165, 1.54) is 0 Å². The zero-order valence-corrected chi connectivity index (χ0v) is 12.8. The molecule has 1 aromatic carbocycles. The van der Waals surface area contributed by atoms with E-state index in [4.69, 9.17) is 0 Å². The van der Waals surface area contributed by atoms with Crippen molar-refractivity contribution < 1.29 is 9.59 Å². The van der Waals surface area contributed by atoms with Gasteiger partial charge in [0.1, 0.15) is 0 Å². The van der Waals surface area contributed by atoms with Crippen LogP contribution >= 0.6 is 0 Å². The lowest BCUT2D eigenvalue weighted by Gasteiger charge is -2.23. The van der Waals surface area contributed by atoms with Gasteiger partial charge in [0.15, 0.2) is 0 Å². The van der Waals surface area contributed by atoms with Gasteiger partial charge in [0, 0.05) is 17.3 Å². The third kappa shape index (κ3) is 3.82. The Labute approximate surface area is 125 Å². The minimum atomic E-state index is -0.518. The second kappa shape index (κ2) is 6.26. The molecule has 1 aromatic rings. The van der Waals surface area contributed by atoms with E-state index >= 15 is 0 Å². The molecular formula is C16H23N3O2. The minimum Gasteiger partial charge on any atom is -0.350 e. The monoisotopic (exact) mass is 289 g/mol. The summed E-state index contributed by atoms with van der Waals surface area (Å²) in [5, 5.41) is 8.95. The number of benzene rings is 1. The molecule has 1 saturated heterocycles. The number of carbonyl (C=O) groups is 2. The number of carbonyl (C=O) groups excluding carboxylic acids is 2. The van der Waals surface area contributed by atoms with Gasteiger partial charge < -0.3 is 16.0 Å². The molecule has 0 radical (unpaired) electrons. The maximum absolute atomic E-state index is 12.3. The highest BCUT2D eigenvalue weighted by Gasteiger charge is 2.35. The van der Waals surface area contributed by atoms with E-state index in [0.717, 1.165) is 19.4 Å². The molecule has 0 aromatic heterocycles. The fourth-order valence-electron chi connectivity index (χ4n) is 2.44. The summed E-state index contributed by atoms with van der Waals surface area (Å²) < 4.78 is 0. The summed E-state index contributed by atoms with van der Waals surface area (Å²) in [5.41, 5.74) is 0.674. The van der Waals surface area contributed by atoms with Gasteiger partial charge in [0.05, 0.1) is 5.54 Å². The number of hydrogen-bond acceptors (Lipinski definition) is 3. The SMILES string of the molecule is CC(C)NC(=O)c1cccc(NC(=O)C2(C)CCCN2)c1. The predicted octanol–water partition coefficient (Wildman–Crippen LogP) is 1.91. The molecule has 1 atom stereocenters. The zero-order chi connectivity index (χ0) is 15.5. The first-order chi connectivity index (χ1) is 9.90. The Hall–Kier alpha value is -1.88. The quantitative estimate of drug-likeness (QED) is 0.793. The van der Waals surface area contributed by atoms with Crippen molar-refractivity contribution in [1.82, 2.24) is 10.6 Å². The van der Waals surface area contributed by atoms with Crippen LogP contribution in [0.15, 0.2) is 24.3 Å². The van der Waals surface area contributed by atoms with E-state index < -0.39 is 5.54 Å². The van der Waals surface area contributed by atoms with Crippen molar-refractivity contribution in [3.63, 3.8) is 0 Å². The molecule has 1 aliphatic rings. The normalized spacial score (nSPS) is 21.3. The number of nitrogens with one attached hydrogen (secondary N) is 3. The lowest BCUT2D eigenvalue weighted by Crippen LogP contribution is -2.47. The third-order valence-corrected chi connectivity index (χ3v) is 3.67. The first kappa shape index (κ1) is 15.5. The molecule has 1 fully saturated rings. The zero-order valence-electron chi connectivity index (χ0n) is 12.8. The lowest BCUT2D eigenvalue weighted by molar-refractivity contribution is -0.121. The van der Waals surface area contributed by atoms with Crippen LogP contribution in [0.4, 0.5) is 5.69 Å². The van der Waals surface area contributed by atoms with Crippen molar-refractivity contribution in [3.05, 3.63) is 29.8 Å². The lowest BCUT2D eigenvalue weighted by atomic mass is 9.99. The Balaban J connectivity index is 2.07. The Morgan fingerprint density at radius 3 is 2.71 bits per heavy atom. The molecule has 1 heterocycles. The van der Waals surface area contributed by atoms with Gasteiger partial charge in [-0.3, -0.25) is 9.59 Å². The Morgan fingerprint density at radius 1 is 1.33 bits per heavy atom. The van der Waals surface area contributed by atoms with Gasteiger partial charge in [-0.25, -0.2) is 0 Å². The topological polar surface area (TPSA) is 70.2 Å². The van der Waals surface area contributed by atoms with Crippen molar-refractivity contribution in [1.29, 1.82) is 0 Å². The second-order valence-electron chi connectivity index (χ2n) is 6.03. The van der Waals surface area contributed by atoms with Crippen LogP contribution in [0.25, 0.3) is 0 Å². The molecule has 0 bridgehead atoms. The summed E-state index contributed by atoms with van der Waals surface area (Å²) in [7, 11) is 0. The number of rotatable bonds is 4. The van der Waals surface area contributed by atoms with Crippen LogP contribution < -0.4 is 16.0 Å². The first-order valence-corrected chi connectivity index (χ1v) is 7.38. The van der Waals surface area contributed by atoms with Crippen molar-refractivity contribution >= 4 is 17.5 Å². The molecule has 5 heteroatoms. The molecular weight excluding hydrogens is 266 g/mol. The summed E-state index contributed by atoms with van der Waals surface area (Å²) in [6.07, 6.45) is 1.83. The fraction of sp³-hybridized carbons (Fsp3) is 0.500. The van der Waals surface area contributed by atoms with Gasteiger partial charge in [-0.05, 0) is 58.4 Å². The molecule has 3 N–H and O–H groups in total. The molecule has 2 amide bonds. The van der Waals surface area contributed by atoms with E-state index in [0.29, 0.717) is 11.3 Å². The number of hydrogen-bond donors (Lipinski definition) is 3.